The third-order valence-electron chi connectivity index (χ3n) is 3.46. The molecule has 2 rings (SSSR count). The van der Waals surface area contributed by atoms with Crippen LogP contribution in [0.4, 0.5) is 0 Å². The molecule has 1 aromatic rings. The van der Waals surface area contributed by atoms with E-state index in [1.807, 2.05) is 44.2 Å². The summed E-state index contributed by atoms with van der Waals surface area (Å²) in [5.74, 6) is -0.682. The minimum Gasteiger partial charge on any atom is -0.386 e. The molecule has 21 heavy (non-hydrogen) atoms. The molecule has 1 fully saturated rings. The van der Waals surface area contributed by atoms with Crippen molar-refractivity contribution in [2.75, 3.05) is 6.61 Å². The summed E-state index contributed by atoms with van der Waals surface area (Å²) < 4.78 is 17.2. The number of aliphatic hydroxyl groups excluding tert-OH is 1. The van der Waals surface area contributed by atoms with Gasteiger partial charge in [-0.15, -0.1) is 6.58 Å². The van der Waals surface area contributed by atoms with Crippen LogP contribution in [0.1, 0.15) is 25.8 Å². The zero-order valence-electron chi connectivity index (χ0n) is 12.7. The summed E-state index contributed by atoms with van der Waals surface area (Å²) >= 11 is 0. The molecule has 1 aromatic carbocycles. The first-order valence-corrected chi connectivity index (χ1v) is 7.30. The Morgan fingerprint density at radius 3 is 2.71 bits per heavy atom. The maximum Gasteiger partial charge on any atom is 0.163 e. The van der Waals surface area contributed by atoms with Crippen LogP contribution in [0, 0.1) is 0 Å². The maximum atomic E-state index is 9.93. The van der Waals surface area contributed by atoms with Crippen LogP contribution in [0.25, 0.3) is 0 Å². The Hall–Kier alpha value is -1.20. The SMILES string of the molecule is C=C[C@H](O)[C@@H]1OC(C)(C)O[C@@H]1CCOCc1ccccc1. The van der Waals surface area contributed by atoms with Crippen LogP contribution in [-0.4, -0.2) is 35.8 Å². The van der Waals surface area contributed by atoms with E-state index in [0.717, 1.165) is 5.56 Å². The largest absolute Gasteiger partial charge is 0.386 e. The van der Waals surface area contributed by atoms with Crippen molar-refractivity contribution < 1.29 is 19.3 Å². The minimum absolute atomic E-state index is 0.191. The molecule has 4 heteroatoms. The smallest absolute Gasteiger partial charge is 0.163 e. The number of rotatable bonds is 7. The van der Waals surface area contributed by atoms with E-state index in [1.165, 1.54) is 6.08 Å². The van der Waals surface area contributed by atoms with Gasteiger partial charge in [-0.25, -0.2) is 0 Å². The van der Waals surface area contributed by atoms with Gasteiger partial charge in [0.25, 0.3) is 0 Å². The second-order valence-corrected chi connectivity index (χ2v) is 5.69. The van der Waals surface area contributed by atoms with Crippen molar-refractivity contribution in [2.24, 2.45) is 0 Å². The van der Waals surface area contributed by atoms with E-state index >= 15 is 0 Å². The van der Waals surface area contributed by atoms with E-state index in [4.69, 9.17) is 14.2 Å². The second-order valence-electron chi connectivity index (χ2n) is 5.69. The zero-order chi connectivity index (χ0) is 15.3. The fourth-order valence-corrected chi connectivity index (χ4v) is 2.47. The van der Waals surface area contributed by atoms with Crippen LogP contribution >= 0.6 is 0 Å². The van der Waals surface area contributed by atoms with Gasteiger partial charge in [0.15, 0.2) is 5.79 Å². The molecule has 0 bridgehead atoms. The summed E-state index contributed by atoms with van der Waals surface area (Å²) in [5, 5.41) is 9.93. The molecule has 3 atom stereocenters. The lowest BCUT2D eigenvalue weighted by atomic mass is 10.1. The molecule has 0 radical (unpaired) electrons. The number of hydrogen-bond acceptors (Lipinski definition) is 4. The molecule has 0 saturated carbocycles. The molecule has 0 aromatic heterocycles. The molecule has 0 unspecified atom stereocenters. The van der Waals surface area contributed by atoms with Crippen molar-refractivity contribution in [1.29, 1.82) is 0 Å². The lowest BCUT2D eigenvalue weighted by molar-refractivity contribution is -0.153. The van der Waals surface area contributed by atoms with E-state index < -0.39 is 18.0 Å². The lowest BCUT2D eigenvalue weighted by Gasteiger charge is -2.19. The highest BCUT2D eigenvalue weighted by Gasteiger charge is 2.43. The fourth-order valence-electron chi connectivity index (χ4n) is 2.47. The second kappa shape index (κ2) is 7.18. The Bertz CT molecular complexity index is 443. The average Bonchev–Trinajstić information content (AvgIpc) is 2.79. The van der Waals surface area contributed by atoms with Crippen molar-refractivity contribution in [2.45, 2.75) is 51.0 Å². The van der Waals surface area contributed by atoms with Crippen LogP contribution in [0.3, 0.4) is 0 Å². The summed E-state index contributed by atoms with van der Waals surface area (Å²) in [5.41, 5.74) is 1.14. The van der Waals surface area contributed by atoms with Gasteiger partial charge < -0.3 is 19.3 Å². The normalized spacial score (nSPS) is 25.7. The number of aliphatic hydroxyl groups is 1. The van der Waals surface area contributed by atoms with Gasteiger partial charge in [0.2, 0.25) is 0 Å². The molecule has 0 amide bonds. The summed E-state index contributed by atoms with van der Waals surface area (Å²) in [6.45, 7) is 8.43. The van der Waals surface area contributed by atoms with Gasteiger partial charge in [-0.1, -0.05) is 36.4 Å². The van der Waals surface area contributed by atoms with E-state index in [0.29, 0.717) is 19.6 Å². The molecular weight excluding hydrogens is 268 g/mol. The summed E-state index contributed by atoms with van der Waals surface area (Å²) in [4.78, 5) is 0. The van der Waals surface area contributed by atoms with Crippen LogP contribution in [0.15, 0.2) is 43.0 Å². The molecule has 1 heterocycles. The molecule has 0 aliphatic carbocycles. The van der Waals surface area contributed by atoms with Crippen molar-refractivity contribution in [3.8, 4) is 0 Å². The van der Waals surface area contributed by atoms with Crippen molar-refractivity contribution >= 4 is 0 Å². The Morgan fingerprint density at radius 2 is 2.05 bits per heavy atom. The van der Waals surface area contributed by atoms with Crippen molar-refractivity contribution in [3.63, 3.8) is 0 Å². The van der Waals surface area contributed by atoms with Gasteiger partial charge in [0, 0.05) is 6.61 Å². The molecule has 1 aliphatic heterocycles. The van der Waals surface area contributed by atoms with Gasteiger partial charge in [-0.05, 0) is 25.8 Å². The number of ether oxygens (including phenoxy) is 3. The van der Waals surface area contributed by atoms with Crippen molar-refractivity contribution in [1.82, 2.24) is 0 Å². The van der Waals surface area contributed by atoms with Crippen LogP contribution in [-0.2, 0) is 20.8 Å². The number of benzene rings is 1. The van der Waals surface area contributed by atoms with Gasteiger partial charge in [0.05, 0.1) is 12.7 Å². The highest BCUT2D eigenvalue weighted by Crippen LogP contribution is 2.32. The van der Waals surface area contributed by atoms with Gasteiger partial charge >= 0.3 is 0 Å². The van der Waals surface area contributed by atoms with Crippen LogP contribution in [0.5, 0.6) is 0 Å². The molecule has 116 valence electrons. The topological polar surface area (TPSA) is 47.9 Å². The first-order chi connectivity index (χ1) is 10.0. The van der Waals surface area contributed by atoms with Crippen molar-refractivity contribution in [3.05, 3.63) is 48.6 Å². The first kappa shape index (κ1) is 16.2. The third kappa shape index (κ3) is 4.64. The highest BCUT2D eigenvalue weighted by atomic mass is 16.8. The fraction of sp³-hybridized carbons (Fsp3) is 0.529. The average molecular weight is 292 g/mol. The lowest BCUT2D eigenvalue weighted by Crippen LogP contribution is -2.34. The standard InChI is InChI=1S/C17H24O4/c1-4-14(18)16-15(20-17(2,3)21-16)10-11-19-12-13-8-6-5-7-9-13/h4-9,14-16,18H,1,10-12H2,2-3H3/t14-,15+,16-/m0/s1. The highest BCUT2D eigenvalue weighted by molar-refractivity contribution is 5.13. The van der Waals surface area contributed by atoms with E-state index in [2.05, 4.69) is 6.58 Å². The van der Waals surface area contributed by atoms with Gasteiger partial charge in [0.1, 0.15) is 12.2 Å². The Balaban J connectivity index is 1.79. The molecule has 1 N–H and O–H groups in total. The molecule has 4 nitrogen and oxygen atoms in total. The predicted octanol–water partition coefficient (Wildman–Crippen LogP) is 2.66. The summed E-state index contributed by atoms with van der Waals surface area (Å²) in [6, 6.07) is 10.0. The quantitative estimate of drug-likeness (QED) is 0.620. The monoisotopic (exact) mass is 292 g/mol. The van der Waals surface area contributed by atoms with Crippen LogP contribution in [0.2, 0.25) is 0 Å². The molecule has 0 spiro atoms. The minimum atomic E-state index is -0.731. The Kier molecular flexibility index (Phi) is 5.53. The van der Waals surface area contributed by atoms with Gasteiger partial charge in [-0.2, -0.15) is 0 Å². The molecule has 1 aliphatic rings. The number of hydrogen-bond donors (Lipinski definition) is 1. The first-order valence-electron chi connectivity index (χ1n) is 7.30. The Morgan fingerprint density at radius 1 is 1.33 bits per heavy atom. The molecular formula is C17H24O4. The van der Waals surface area contributed by atoms with E-state index in [1.54, 1.807) is 0 Å². The molecule has 1 saturated heterocycles. The summed E-state index contributed by atoms with van der Waals surface area (Å²) in [7, 11) is 0. The van der Waals surface area contributed by atoms with Gasteiger partial charge in [-0.3, -0.25) is 0 Å². The van der Waals surface area contributed by atoms with E-state index in [-0.39, 0.29) is 6.10 Å². The maximum absolute atomic E-state index is 9.93. The third-order valence-corrected chi connectivity index (χ3v) is 3.46. The van der Waals surface area contributed by atoms with Crippen LogP contribution < -0.4 is 0 Å². The summed E-state index contributed by atoms with van der Waals surface area (Å²) in [6.07, 6.45) is 0.839. The predicted molar refractivity (Wildman–Crippen MR) is 80.7 cm³/mol. The van der Waals surface area contributed by atoms with E-state index in [9.17, 15) is 5.11 Å². The zero-order valence-corrected chi connectivity index (χ0v) is 12.7. The Labute approximate surface area is 126 Å².